The Morgan fingerprint density at radius 2 is 2.05 bits per heavy atom. The van der Waals surface area contributed by atoms with E-state index in [0.29, 0.717) is 24.5 Å². The van der Waals surface area contributed by atoms with Gasteiger partial charge in [-0.25, -0.2) is 0 Å². The highest BCUT2D eigenvalue weighted by atomic mass is 16.5. The molecule has 1 heterocycles. The molecule has 0 aromatic heterocycles. The first-order valence-electron chi connectivity index (χ1n) is 6.51. The maximum absolute atomic E-state index is 11.8. The number of carbonyl (C=O) groups is 2. The van der Waals surface area contributed by atoms with Crippen LogP contribution in [-0.2, 0) is 9.53 Å². The van der Waals surface area contributed by atoms with Crippen LogP contribution in [0.5, 0.6) is 0 Å². The van der Waals surface area contributed by atoms with Gasteiger partial charge in [0.25, 0.3) is 5.91 Å². The highest BCUT2D eigenvalue weighted by molar-refractivity contribution is 5.96. The van der Waals surface area contributed by atoms with Gasteiger partial charge >= 0.3 is 0 Å². The van der Waals surface area contributed by atoms with Gasteiger partial charge < -0.3 is 21.1 Å². The Morgan fingerprint density at radius 3 is 2.65 bits per heavy atom. The molecule has 2 amide bonds. The average Bonchev–Trinajstić information content (AvgIpc) is 2.83. The fourth-order valence-corrected chi connectivity index (χ4v) is 2.04. The van der Waals surface area contributed by atoms with Crippen LogP contribution in [0.3, 0.4) is 0 Å². The number of rotatable bonds is 4. The molecule has 6 nitrogen and oxygen atoms in total. The number of benzene rings is 1. The molecule has 6 heteroatoms. The average molecular weight is 277 g/mol. The molecule has 0 saturated carbocycles. The quantitative estimate of drug-likeness (QED) is 0.690. The number of nitrogen functional groups attached to an aromatic ring is 1. The van der Waals surface area contributed by atoms with Crippen molar-refractivity contribution in [2.24, 2.45) is 0 Å². The Labute approximate surface area is 117 Å². The van der Waals surface area contributed by atoms with Gasteiger partial charge in [-0.1, -0.05) is 0 Å². The molecule has 1 fully saturated rings. The summed E-state index contributed by atoms with van der Waals surface area (Å²) in [5, 5.41) is 5.45. The summed E-state index contributed by atoms with van der Waals surface area (Å²) in [4.78, 5) is 23.6. The molecule has 0 radical (unpaired) electrons. The second-order valence-electron chi connectivity index (χ2n) is 5.22. The van der Waals surface area contributed by atoms with Crippen LogP contribution in [0.25, 0.3) is 0 Å². The second-order valence-corrected chi connectivity index (χ2v) is 5.22. The van der Waals surface area contributed by atoms with Crippen molar-refractivity contribution in [1.82, 2.24) is 10.6 Å². The van der Waals surface area contributed by atoms with Crippen molar-refractivity contribution >= 4 is 17.5 Å². The molecule has 4 N–H and O–H groups in total. The van der Waals surface area contributed by atoms with Gasteiger partial charge in [-0.05, 0) is 37.6 Å². The SMILES string of the molecule is CC1(NC(=O)CNC(=O)c2ccc(N)cc2)CCOC1. The molecule has 108 valence electrons. The van der Waals surface area contributed by atoms with E-state index in [1.54, 1.807) is 24.3 Å². The van der Waals surface area contributed by atoms with E-state index >= 15 is 0 Å². The van der Waals surface area contributed by atoms with Gasteiger partial charge in [0.15, 0.2) is 0 Å². The third-order valence-corrected chi connectivity index (χ3v) is 3.24. The number of hydrogen-bond donors (Lipinski definition) is 3. The van der Waals surface area contributed by atoms with Crippen molar-refractivity contribution in [3.63, 3.8) is 0 Å². The van der Waals surface area contributed by atoms with Crippen LogP contribution < -0.4 is 16.4 Å². The van der Waals surface area contributed by atoms with E-state index in [1.807, 2.05) is 6.92 Å². The number of amides is 2. The van der Waals surface area contributed by atoms with Crippen molar-refractivity contribution in [2.45, 2.75) is 18.9 Å². The first-order valence-corrected chi connectivity index (χ1v) is 6.51. The molecule has 0 bridgehead atoms. The Bertz CT molecular complexity index is 493. The summed E-state index contributed by atoms with van der Waals surface area (Å²) in [5.74, 6) is -0.519. The molecule has 1 aromatic carbocycles. The normalized spacial score (nSPS) is 21.4. The summed E-state index contributed by atoms with van der Waals surface area (Å²) in [6, 6.07) is 6.53. The third kappa shape index (κ3) is 3.71. The maximum atomic E-state index is 11.8. The van der Waals surface area contributed by atoms with E-state index in [1.165, 1.54) is 0 Å². The summed E-state index contributed by atoms with van der Waals surface area (Å²) in [5.41, 5.74) is 6.28. The van der Waals surface area contributed by atoms with Gasteiger partial charge in [-0.15, -0.1) is 0 Å². The minimum absolute atomic E-state index is 0.0567. The molecule has 1 aliphatic rings. The van der Waals surface area contributed by atoms with E-state index in [0.717, 1.165) is 6.42 Å². The number of carbonyl (C=O) groups excluding carboxylic acids is 2. The zero-order valence-corrected chi connectivity index (χ0v) is 11.4. The molecule has 0 spiro atoms. The number of nitrogens with two attached hydrogens (primary N) is 1. The van der Waals surface area contributed by atoms with Crippen molar-refractivity contribution in [1.29, 1.82) is 0 Å². The number of ether oxygens (including phenoxy) is 1. The summed E-state index contributed by atoms with van der Waals surface area (Å²) < 4.78 is 5.25. The van der Waals surface area contributed by atoms with Crippen LogP contribution >= 0.6 is 0 Å². The minimum Gasteiger partial charge on any atom is -0.399 e. The molecule has 1 aromatic rings. The largest absolute Gasteiger partial charge is 0.399 e. The van der Waals surface area contributed by atoms with Gasteiger partial charge in [0.2, 0.25) is 5.91 Å². The predicted molar refractivity (Wildman–Crippen MR) is 75.2 cm³/mol. The van der Waals surface area contributed by atoms with E-state index in [-0.39, 0.29) is 23.9 Å². The topological polar surface area (TPSA) is 93.5 Å². The summed E-state index contributed by atoms with van der Waals surface area (Å²) in [7, 11) is 0. The standard InChI is InChI=1S/C14H19N3O3/c1-14(6-7-20-9-14)17-12(18)8-16-13(19)10-2-4-11(15)5-3-10/h2-5H,6-9,15H2,1H3,(H,16,19)(H,17,18). The lowest BCUT2D eigenvalue weighted by Crippen LogP contribution is -2.50. The maximum Gasteiger partial charge on any atom is 0.251 e. The lowest BCUT2D eigenvalue weighted by molar-refractivity contribution is -0.121. The molecule has 2 rings (SSSR count). The number of anilines is 1. The summed E-state index contributed by atoms with van der Waals surface area (Å²) in [6.45, 7) is 3.03. The van der Waals surface area contributed by atoms with Gasteiger partial charge in [0.05, 0.1) is 18.7 Å². The zero-order chi connectivity index (χ0) is 14.6. The smallest absolute Gasteiger partial charge is 0.251 e. The van der Waals surface area contributed by atoms with Gasteiger partial charge in [-0.3, -0.25) is 9.59 Å². The Kier molecular flexibility index (Phi) is 4.24. The fraction of sp³-hybridized carbons (Fsp3) is 0.429. The first kappa shape index (κ1) is 14.3. The van der Waals surface area contributed by atoms with Crippen molar-refractivity contribution in [3.8, 4) is 0 Å². The van der Waals surface area contributed by atoms with E-state index in [4.69, 9.17) is 10.5 Å². The van der Waals surface area contributed by atoms with Gasteiger partial charge in [0, 0.05) is 17.9 Å². The number of hydrogen-bond acceptors (Lipinski definition) is 4. The van der Waals surface area contributed by atoms with E-state index < -0.39 is 0 Å². The van der Waals surface area contributed by atoms with Crippen LogP contribution in [-0.4, -0.2) is 37.1 Å². The minimum atomic E-state index is -0.330. The number of nitrogens with one attached hydrogen (secondary N) is 2. The van der Waals surface area contributed by atoms with Crippen LogP contribution in [0, 0.1) is 0 Å². The predicted octanol–water partition coefficient (Wildman–Crippen LogP) is 0.294. The van der Waals surface area contributed by atoms with Gasteiger partial charge in [-0.2, -0.15) is 0 Å². The van der Waals surface area contributed by atoms with Crippen LogP contribution in [0.1, 0.15) is 23.7 Å². The molecule has 1 unspecified atom stereocenters. The molecule has 20 heavy (non-hydrogen) atoms. The first-order chi connectivity index (χ1) is 9.48. The van der Waals surface area contributed by atoms with E-state index in [2.05, 4.69) is 10.6 Å². The van der Waals surface area contributed by atoms with Crippen molar-refractivity contribution in [3.05, 3.63) is 29.8 Å². The molecule has 0 aliphatic carbocycles. The Balaban J connectivity index is 1.81. The Morgan fingerprint density at radius 1 is 1.35 bits per heavy atom. The highest BCUT2D eigenvalue weighted by Gasteiger charge is 2.31. The monoisotopic (exact) mass is 277 g/mol. The van der Waals surface area contributed by atoms with Gasteiger partial charge in [0.1, 0.15) is 0 Å². The molecular formula is C14H19N3O3. The highest BCUT2D eigenvalue weighted by Crippen LogP contribution is 2.16. The summed E-state index contributed by atoms with van der Waals surface area (Å²) >= 11 is 0. The van der Waals surface area contributed by atoms with Crippen LogP contribution in [0.2, 0.25) is 0 Å². The Hall–Kier alpha value is -2.08. The van der Waals surface area contributed by atoms with Crippen LogP contribution in [0.15, 0.2) is 24.3 Å². The molecule has 1 atom stereocenters. The van der Waals surface area contributed by atoms with E-state index in [9.17, 15) is 9.59 Å². The molecule has 1 saturated heterocycles. The van der Waals surface area contributed by atoms with Crippen molar-refractivity contribution in [2.75, 3.05) is 25.5 Å². The van der Waals surface area contributed by atoms with Crippen LogP contribution in [0.4, 0.5) is 5.69 Å². The lowest BCUT2D eigenvalue weighted by Gasteiger charge is -2.23. The molecular weight excluding hydrogens is 258 g/mol. The zero-order valence-electron chi connectivity index (χ0n) is 11.4. The lowest BCUT2D eigenvalue weighted by atomic mass is 10.0. The molecule has 1 aliphatic heterocycles. The fourth-order valence-electron chi connectivity index (χ4n) is 2.04. The summed E-state index contributed by atoms with van der Waals surface area (Å²) in [6.07, 6.45) is 0.782. The third-order valence-electron chi connectivity index (χ3n) is 3.24. The van der Waals surface area contributed by atoms with Crippen molar-refractivity contribution < 1.29 is 14.3 Å². The second kappa shape index (κ2) is 5.92.